The zero-order valence-corrected chi connectivity index (χ0v) is 12.4. The van der Waals surface area contributed by atoms with Gasteiger partial charge in [0.15, 0.2) is 0 Å². The van der Waals surface area contributed by atoms with Crippen molar-refractivity contribution in [3.05, 3.63) is 47.0 Å². The van der Waals surface area contributed by atoms with Crippen molar-refractivity contribution in [3.8, 4) is 0 Å². The number of benzene rings is 2. The summed E-state index contributed by atoms with van der Waals surface area (Å²) in [7, 11) is 0. The maximum atomic E-state index is 12.4. The minimum absolute atomic E-state index is 0.0104. The topological polar surface area (TPSA) is 41.1 Å². The lowest BCUT2D eigenvalue weighted by molar-refractivity contribution is 0.0931. The summed E-state index contributed by atoms with van der Waals surface area (Å²) in [6, 6.07) is 12.8. The van der Waals surface area contributed by atoms with Crippen LogP contribution in [0.4, 0.5) is 0 Å². The summed E-state index contributed by atoms with van der Waals surface area (Å²) in [5.74, 6) is 0.0104. The molecule has 0 spiro atoms. The molecule has 1 amide bonds. The van der Waals surface area contributed by atoms with Crippen LogP contribution in [0.5, 0.6) is 0 Å². The number of amides is 1. The molecule has 4 rings (SSSR count). The van der Waals surface area contributed by atoms with E-state index in [4.69, 9.17) is 11.6 Å². The molecule has 3 unspecified atom stereocenters. The largest absolute Gasteiger partial charge is 0.348 e. The maximum absolute atomic E-state index is 12.4. The van der Waals surface area contributed by atoms with E-state index in [9.17, 15) is 4.79 Å². The van der Waals surface area contributed by atoms with Crippen LogP contribution in [0.2, 0.25) is 5.02 Å². The van der Waals surface area contributed by atoms with Crippen molar-refractivity contribution in [3.63, 3.8) is 0 Å². The second-order valence-corrected chi connectivity index (χ2v) is 6.51. The Balaban J connectivity index is 1.56. The molecule has 2 N–H and O–H groups in total. The van der Waals surface area contributed by atoms with Gasteiger partial charge in [-0.2, -0.15) is 0 Å². The molecule has 2 bridgehead atoms. The van der Waals surface area contributed by atoms with E-state index in [0.29, 0.717) is 22.7 Å². The number of carbonyl (C=O) groups excluding carboxylic acids is 1. The molecule has 2 saturated heterocycles. The first-order valence-electron chi connectivity index (χ1n) is 7.45. The standard InChI is InChI=1S/C17H17ClN2O/c18-13-4-3-10-1-2-11(7-12(10)8-13)17(21)20-16-9-14-5-6-15(16)19-14/h1-4,7-8,14-16,19H,5-6,9H2,(H,20,21). The smallest absolute Gasteiger partial charge is 0.251 e. The molecular formula is C17H17ClN2O. The van der Waals surface area contributed by atoms with Crippen molar-refractivity contribution in [2.45, 2.75) is 37.4 Å². The molecule has 108 valence electrons. The molecule has 2 heterocycles. The number of rotatable bonds is 2. The van der Waals surface area contributed by atoms with E-state index in [-0.39, 0.29) is 11.9 Å². The second-order valence-electron chi connectivity index (χ2n) is 6.07. The van der Waals surface area contributed by atoms with Gasteiger partial charge < -0.3 is 10.6 Å². The minimum Gasteiger partial charge on any atom is -0.348 e. The molecule has 3 atom stereocenters. The number of fused-ring (bicyclic) bond motifs is 3. The predicted octanol–water partition coefficient (Wildman–Crippen LogP) is 3.12. The molecule has 0 aliphatic carbocycles. The van der Waals surface area contributed by atoms with Crippen molar-refractivity contribution in [1.29, 1.82) is 0 Å². The summed E-state index contributed by atoms with van der Waals surface area (Å²) in [6.07, 6.45) is 3.46. The zero-order valence-electron chi connectivity index (χ0n) is 11.6. The lowest BCUT2D eigenvalue weighted by Crippen LogP contribution is -2.42. The van der Waals surface area contributed by atoms with E-state index >= 15 is 0 Å². The first-order chi connectivity index (χ1) is 10.2. The van der Waals surface area contributed by atoms with E-state index < -0.39 is 0 Å². The van der Waals surface area contributed by atoms with Gasteiger partial charge in [0, 0.05) is 28.7 Å². The molecule has 2 aliphatic rings. The zero-order chi connectivity index (χ0) is 14.4. The number of nitrogens with one attached hydrogen (secondary N) is 2. The molecule has 2 aliphatic heterocycles. The predicted molar refractivity (Wildman–Crippen MR) is 84.8 cm³/mol. The van der Waals surface area contributed by atoms with Crippen LogP contribution in [0.15, 0.2) is 36.4 Å². The molecule has 3 nitrogen and oxygen atoms in total. The van der Waals surface area contributed by atoms with Crippen LogP contribution >= 0.6 is 11.6 Å². The summed E-state index contributed by atoms with van der Waals surface area (Å²) in [5, 5.41) is 9.50. The van der Waals surface area contributed by atoms with Gasteiger partial charge in [-0.25, -0.2) is 0 Å². The fraction of sp³-hybridized carbons (Fsp3) is 0.353. The lowest BCUT2D eigenvalue weighted by atomic mass is 9.95. The summed E-state index contributed by atoms with van der Waals surface area (Å²) < 4.78 is 0. The van der Waals surface area contributed by atoms with Gasteiger partial charge in [0.25, 0.3) is 5.91 Å². The summed E-state index contributed by atoms with van der Waals surface area (Å²) >= 11 is 6.02. The highest BCUT2D eigenvalue weighted by molar-refractivity contribution is 6.31. The van der Waals surface area contributed by atoms with Gasteiger partial charge >= 0.3 is 0 Å². The molecule has 0 radical (unpaired) electrons. The van der Waals surface area contributed by atoms with Crippen LogP contribution in [-0.4, -0.2) is 24.0 Å². The molecule has 0 aromatic heterocycles. The van der Waals surface area contributed by atoms with Gasteiger partial charge in [-0.3, -0.25) is 4.79 Å². The Bertz CT molecular complexity index is 715. The quantitative estimate of drug-likeness (QED) is 0.895. The number of hydrogen-bond donors (Lipinski definition) is 2. The van der Waals surface area contributed by atoms with Gasteiger partial charge in [0.1, 0.15) is 0 Å². The Hall–Kier alpha value is -1.58. The van der Waals surface area contributed by atoms with Gasteiger partial charge in [0.05, 0.1) is 0 Å². The number of carbonyl (C=O) groups is 1. The Morgan fingerprint density at radius 1 is 1.14 bits per heavy atom. The third-order valence-electron chi connectivity index (χ3n) is 4.68. The minimum atomic E-state index is 0.0104. The van der Waals surface area contributed by atoms with Crippen LogP contribution in [0.25, 0.3) is 10.8 Å². The maximum Gasteiger partial charge on any atom is 0.251 e. The van der Waals surface area contributed by atoms with Crippen LogP contribution in [0.1, 0.15) is 29.6 Å². The van der Waals surface area contributed by atoms with Crippen LogP contribution in [0, 0.1) is 0 Å². The van der Waals surface area contributed by atoms with E-state index in [1.54, 1.807) is 0 Å². The van der Waals surface area contributed by atoms with Crippen molar-refractivity contribution in [1.82, 2.24) is 10.6 Å². The number of hydrogen-bond acceptors (Lipinski definition) is 2. The van der Waals surface area contributed by atoms with Crippen LogP contribution < -0.4 is 10.6 Å². The van der Waals surface area contributed by atoms with Crippen molar-refractivity contribution >= 4 is 28.3 Å². The van der Waals surface area contributed by atoms with Gasteiger partial charge in [0.2, 0.25) is 0 Å². The van der Waals surface area contributed by atoms with E-state index in [2.05, 4.69) is 10.6 Å². The number of halogens is 1. The van der Waals surface area contributed by atoms with Gasteiger partial charge in [-0.15, -0.1) is 0 Å². The fourth-order valence-corrected chi connectivity index (χ4v) is 3.77. The highest BCUT2D eigenvalue weighted by atomic mass is 35.5. The van der Waals surface area contributed by atoms with Crippen molar-refractivity contribution in [2.75, 3.05) is 0 Å². The third kappa shape index (κ3) is 2.41. The third-order valence-corrected chi connectivity index (χ3v) is 4.92. The molecule has 21 heavy (non-hydrogen) atoms. The first kappa shape index (κ1) is 13.1. The summed E-state index contributed by atoms with van der Waals surface area (Å²) in [4.78, 5) is 12.4. The normalized spacial score (nSPS) is 27.2. The molecule has 0 saturated carbocycles. The van der Waals surface area contributed by atoms with Gasteiger partial charge in [-0.05, 0) is 54.3 Å². The Kier molecular flexibility index (Phi) is 3.12. The highest BCUT2D eigenvalue weighted by Gasteiger charge is 2.39. The molecule has 2 aromatic carbocycles. The highest BCUT2D eigenvalue weighted by Crippen LogP contribution is 2.28. The molecule has 4 heteroatoms. The molecular weight excluding hydrogens is 284 g/mol. The SMILES string of the molecule is O=C(NC1CC2CCC1N2)c1ccc2ccc(Cl)cc2c1. The fourth-order valence-electron chi connectivity index (χ4n) is 3.59. The molecule has 2 aromatic rings. The summed E-state index contributed by atoms with van der Waals surface area (Å²) in [6.45, 7) is 0. The second kappa shape index (κ2) is 5.00. The average Bonchev–Trinajstić information content (AvgIpc) is 3.09. The van der Waals surface area contributed by atoms with Crippen LogP contribution in [0.3, 0.4) is 0 Å². The lowest BCUT2D eigenvalue weighted by Gasteiger charge is -2.21. The Morgan fingerprint density at radius 2 is 2.00 bits per heavy atom. The Morgan fingerprint density at radius 3 is 2.76 bits per heavy atom. The van der Waals surface area contributed by atoms with Gasteiger partial charge in [-0.1, -0.05) is 23.7 Å². The Labute approximate surface area is 128 Å². The summed E-state index contributed by atoms with van der Waals surface area (Å²) in [5.41, 5.74) is 0.701. The van der Waals surface area contributed by atoms with Crippen molar-refractivity contribution in [2.24, 2.45) is 0 Å². The van der Waals surface area contributed by atoms with Crippen LogP contribution in [-0.2, 0) is 0 Å². The van der Waals surface area contributed by atoms with E-state index in [1.807, 2.05) is 36.4 Å². The van der Waals surface area contributed by atoms with E-state index in [0.717, 1.165) is 17.2 Å². The first-order valence-corrected chi connectivity index (χ1v) is 7.83. The average molecular weight is 301 g/mol. The monoisotopic (exact) mass is 300 g/mol. The van der Waals surface area contributed by atoms with Crippen molar-refractivity contribution < 1.29 is 4.79 Å². The molecule has 2 fully saturated rings. The van der Waals surface area contributed by atoms with E-state index in [1.165, 1.54) is 12.8 Å².